The van der Waals surface area contributed by atoms with E-state index in [1.165, 1.54) is 16.9 Å². The predicted octanol–water partition coefficient (Wildman–Crippen LogP) is 2.07. The number of fused-ring (bicyclic) bond motifs is 1. The molecular formula is C17H23ClFN7O2. The van der Waals surface area contributed by atoms with Crippen LogP contribution in [0.1, 0.15) is 26.0 Å². The topological polar surface area (TPSA) is 112 Å². The van der Waals surface area contributed by atoms with Crippen LogP contribution < -0.4 is 11.1 Å². The van der Waals surface area contributed by atoms with Crippen LogP contribution in [0.15, 0.2) is 17.4 Å². The van der Waals surface area contributed by atoms with Gasteiger partial charge in [-0.25, -0.2) is 9.37 Å². The second-order valence-electron chi connectivity index (χ2n) is 6.19. The summed E-state index contributed by atoms with van der Waals surface area (Å²) in [5.74, 6) is 0.271. The van der Waals surface area contributed by atoms with E-state index in [1.807, 2.05) is 13.8 Å². The van der Waals surface area contributed by atoms with Crippen LogP contribution in [0.5, 0.6) is 0 Å². The Morgan fingerprint density at radius 2 is 2.46 bits per heavy atom. The van der Waals surface area contributed by atoms with Crippen molar-refractivity contribution in [1.82, 2.24) is 19.6 Å². The zero-order valence-electron chi connectivity index (χ0n) is 15.7. The molecule has 0 aliphatic carbocycles. The van der Waals surface area contributed by atoms with Gasteiger partial charge >= 0.3 is 0 Å². The van der Waals surface area contributed by atoms with E-state index in [0.717, 1.165) is 0 Å². The predicted molar refractivity (Wildman–Crippen MR) is 105 cm³/mol. The highest BCUT2D eigenvalue weighted by Crippen LogP contribution is 2.23. The molecule has 152 valence electrons. The number of allylic oxidation sites excluding steroid dienone is 1. The van der Waals surface area contributed by atoms with Crippen LogP contribution in [-0.4, -0.2) is 64.1 Å². The van der Waals surface area contributed by atoms with Crippen molar-refractivity contribution in [3.05, 3.63) is 23.2 Å². The fourth-order valence-corrected chi connectivity index (χ4v) is 3.05. The summed E-state index contributed by atoms with van der Waals surface area (Å²) in [6.07, 6.45) is 3.50. The molecule has 3 rings (SSSR count). The molecule has 2 aromatic heterocycles. The Hall–Kier alpha value is -2.30. The van der Waals surface area contributed by atoms with Crippen molar-refractivity contribution in [2.75, 3.05) is 25.1 Å². The summed E-state index contributed by atoms with van der Waals surface area (Å²) in [4.78, 5) is 12.9. The van der Waals surface area contributed by atoms with E-state index in [1.54, 1.807) is 6.21 Å². The van der Waals surface area contributed by atoms with Gasteiger partial charge in [-0.1, -0.05) is 11.6 Å². The number of nitrogens with two attached hydrogens (primary N) is 1. The summed E-state index contributed by atoms with van der Waals surface area (Å²) in [7, 11) is 0. The summed E-state index contributed by atoms with van der Waals surface area (Å²) in [5, 5.41) is 7.53. The normalized spacial score (nSPS) is 22.1. The van der Waals surface area contributed by atoms with Crippen LogP contribution in [0.4, 0.5) is 10.3 Å². The summed E-state index contributed by atoms with van der Waals surface area (Å²) in [5.41, 5.74) is 7.05. The molecule has 2 aromatic rings. The van der Waals surface area contributed by atoms with Gasteiger partial charge in [0, 0.05) is 31.2 Å². The quantitative estimate of drug-likeness (QED) is 0.670. The fraction of sp³-hybridized carbons (Fsp3) is 0.529. The van der Waals surface area contributed by atoms with Crippen LogP contribution in [0.3, 0.4) is 0 Å². The van der Waals surface area contributed by atoms with Crippen LogP contribution in [0.25, 0.3) is 11.2 Å². The maximum Gasteiger partial charge on any atom is 0.243 e. The molecule has 1 fully saturated rings. The van der Waals surface area contributed by atoms with E-state index in [2.05, 4.69) is 25.4 Å². The van der Waals surface area contributed by atoms with Crippen molar-refractivity contribution >= 4 is 35.0 Å². The third-order valence-electron chi connectivity index (χ3n) is 4.21. The standard InChI is InChI=1S/C17H23ClFN7O2/c1-3-28-10(2)21-7-11(6-20)15-16(18)26-14(8-22-15)24-17(25-26)23-13-4-5-27-9-12(13)19/h6-8,10,12-13H,3-5,9,20H2,1-2H3,(H,23,25)/b11-6+,21-7+. The number of alkyl halides is 1. The number of anilines is 1. The average molecular weight is 412 g/mol. The summed E-state index contributed by atoms with van der Waals surface area (Å²) >= 11 is 6.46. The van der Waals surface area contributed by atoms with Gasteiger partial charge in [-0.05, 0) is 20.3 Å². The van der Waals surface area contributed by atoms with Gasteiger partial charge in [0.2, 0.25) is 5.95 Å². The number of ether oxygens (including phenoxy) is 2. The minimum absolute atomic E-state index is 0.0572. The highest BCUT2D eigenvalue weighted by molar-refractivity contribution is 6.32. The molecule has 28 heavy (non-hydrogen) atoms. The SMILES string of the molecule is CCOC(C)/N=C/C(=C\N)c1ncc2nc(NC3CCOCC3F)nn2c1Cl. The maximum atomic E-state index is 14.0. The van der Waals surface area contributed by atoms with Crippen molar-refractivity contribution in [1.29, 1.82) is 0 Å². The lowest BCUT2D eigenvalue weighted by Gasteiger charge is -2.26. The van der Waals surface area contributed by atoms with Crippen molar-refractivity contribution < 1.29 is 13.9 Å². The smallest absolute Gasteiger partial charge is 0.243 e. The third kappa shape index (κ3) is 4.57. The minimum Gasteiger partial charge on any atom is -0.404 e. The second-order valence-corrected chi connectivity index (χ2v) is 6.55. The number of hydrogen-bond donors (Lipinski definition) is 2. The van der Waals surface area contributed by atoms with Gasteiger partial charge in [0.25, 0.3) is 0 Å². The van der Waals surface area contributed by atoms with Crippen LogP contribution in [0.2, 0.25) is 5.15 Å². The van der Waals surface area contributed by atoms with Gasteiger partial charge in [-0.3, -0.25) is 4.99 Å². The molecule has 3 heterocycles. The van der Waals surface area contributed by atoms with Crippen molar-refractivity contribution in [2.24, 2.45) is 10.7 Å². The van der Waals surface area contributed by atoms with E-state index in [-0.39, 0.29) is 23.9 Å². The second kappa shape index (κ2) is 9.26. The number of aliphatic imine (C=N–C) groups is 1. The third-order valence-corrected chi connectivity index (χ3v) is 4.55. The van der Waals surface area contributed by atoms with Gasteiger partial charge < -0.3 is 20.5 Å². The molecule has 9 nitrogen and oxygen atoms in total. The largest absolute Gasteiger partial charge is 0.404 e. The Morgan fingerprint density at radius 3 is 3.18 bits per heavy atom. The van der Waals surface area contributed by atoms with Gasteiger partial charge in [-0.15, -0.1) is 5.10 Å². The molecule has 0 radical (unpaired) electrons. The number of hydrogen-bond acceptors (Lipinski definition) is 8. The Kier molecular flexibility index (Phi) is 6.76. The molecule has 1 aliphatic rings. The molecule has 0 spiro atoms. The number of nitrogens with zero attached hydrogens (tertiary/aromatic N) is 5. The summed E-state index contributed by atoms with van der Waals surface area (Å²) in [6.45, 7) is 4.80. The van der Waals surface area contributed by atoms with Crippen molar-refractivity contribution in [3.8, 4) is 0 Å². The molecule has 0 amide bonds. The van der Waals surface area contributed by atoms with E-state index in [9.17, 15) is 4.39 Å². The Labute approximate surface area is 166 Å². The molecule has 3 atom stereocenters. The van der Waals surface area contributed by atoms with E-state index < -0.39 is 12.2 Å². The molecule has 1 aliphatic heterocycles. The zero-order chi connectivity index (χ0) is 20.1. The molecule has 3 unspecified atom stereocenters. The Morgan fingerprint density at radius 1 is 1.64 bits per heavy atom. The molecule has 1 saturated heterocycles. The van der Waals surface area contributed by atoms with Gasteiger partial charge in [0.15, 0.2) is 10.8 Å². The van der Waals surface area contributed by atoms with Crippen LogP contribution >= 0.6 is 11.6 Å². The Balaban J connectivity index is 1.84. The lowest BCUT2D eigenvalue weighted by Crippen LogP contribution is -2.39. The number of halogens is 2. The first-order chi connectivity index (χ1) is 13.5. The van der Waals surface area contributed by atoms with Crippen LogP contribution in [0, 0.1) is 0 Å². The average Bonchev–Trinajstić information content (AvgIpc) is 3.09. The summed E-state index contributed by atoms with van der Waals surface area (Å²) < 4.78 is 25.8. The Bertz CT molecular complexity index is 873. The lowest BCUT2D eigenvalue weighted by atomic mass is 10.1. The lowest BCUT2D eigenvalue weighted by molar-refractivity contribution is 0.0284. The van der Waals surface area contributed by atoms with Crippen molar-refractivity contribution in [3.63, 3.8) is 0 Å². The molecule has 0 aromatic carbocycles. The molecular weight excluding hydrogens is 389 g/mol. The van der Waals surface area contributed by atoms with Crippen molar-refractivity contribution in [2.45, 2.75) is 38.7 Å². The first kappa shape index (κ1) is 20.4. The molecule has 0 bridgehead atoms. The first-order valence-corrected chi connectivity index (χ1v) is 9.38. The minimum atomic E-state index is -1.13. The highest BCUT2D eigenvalue weighted by Gasteiger charge is 2.26. The van der Waals surface area contributed by atoms with Gasteiger partial charge in [-0.2, -0.15) is 9.50 Å². The van der Waals surface area contributed by atoms with Gasteiger partial charge in [0.1, 0.15) is 18.1 Å². The van der Waals surface area contributed by atoms with Gasteiger partial charge in [0.05, 0.1) is 18.8 Å². The number of rotatable bonds is 7. The van der Waals surface area contributed by atoms with Crippen LogP contribution in [-0.2, 0) is 9.47 Å². The number of aromatic nitrogens is 4. The highest BCUT2D eigenvalue weighted by atomic mass is 35.5. The monoisotopic (exact) mass is 411 g/mol. The first-order valence-electron chi connectivity index (χ1n) is 9.00. The van der Waals surface area contributed by atoms with E-state index in [0.29, 0.717) is 36.5 Å². The molecule has 3 N–H and O–H groups in total. The maximum absolute atomic E-state index is 14.0. The number of nitrogens with one attached hydrogen (secondary N) is 1. The molecule has 11 heteroatoms. The van der Waals surface area contributed by atoms with E-state index >= 15 is 0 Å². The fourth-order valence-electron chi connectivity index (χ4n) is 2.77. The molecule has 0 saturated carbocycles. The van der Waals surface area contributed by atoms with E-state index in [4.69, 9.17) is 26.8 Å². The summed E-state index contributed by atoms with van der Waals surface area (Å²) in [6, 6.07) is -0.413. The zero-order valence-corrected chi connectivity index (χ0v) is 16.4.